The average Bonchev–Trinajstić information content (AvgIpc) is 2.99. The molecule has 1 aliphatic heterocycles. The molecule has 0 atom stereocenters. The molecule has 1 aromatic carbocycles. The van der Waals surface area contributed by atoms with Crippen LogP contribution < -0.4 is 0 Å². The lowest BCUT2D eigenvalue weighted by molar-refractivity contribution is 0.229. The van der Waals surface area contributed by atoms with Crippen molar-refractivity contribution in [2.75, 3.05) is 13.2 Å². The summed E-state index contributed by atoms with van der Waals surface area (Å²) in [6, 6.07) is 4.23. The van der Waals surface area contributed by atoms with Crippen LogP contribution in [-0.2, 0) is 9.31 Å². The molecule has 0 radical (unpaired) electrons. The van der Waals surface area contributed by atoms with Gasteiger partial charge in [-0.2, -0.15) is 0 Å². The summed E-state index contributed by atoms with van der Waals surface area (Å²) in [6.45, 7) is 14.6. The average molecular weight is 345 g/mol. The first-order chi connectivity index (χ1) is 11.1. The monoisotopic (exact) mass is 344 g/mol. The maximum absolute atomic E-state index is 6.62. The number of benzene rings is 1. The third-order valence-electron chi connectivity index (χ3n) is 5.74. The van der Waals surface area contributed by atoms with Crippen molar-refractivity contribution >= 4 is 24.3 Å². The minimum Gasteiger partial charge on any atom is -0.405 e. The Morgan fingerprint density at radius 2 is 1.46 bits per heavy atom. The molecule has 1 aliphatic carbocycles. The van der Waals surface area contributed by atoms with E-state index < -0.39 is 0 Å². The topological polar surface area (TPSA) is 18.5 Å². The summed E-state index contributed by atoms with van der Waals surface area (Å²) in [5.74, 6) is 0. The second-order valence-electron chi connectivity index (χ2n) is 8.09. The van der Waals surface area contributed by atoms with Gasteiger partial charge >= 0.3 is 7.12 Å². The zero-order valence-electron chi connectivity index (χ0n) is 15.5. The highest BCUT2D eigenvalue weighted by molar-refractivity contribution is 6.58. The SMILES string of the molecule is Cc1cc(Cl)c(C2=CC(C)(C)C(C)(C)C=C2B2OCCO2)cc1C. The molecule has 128 valence electrons. The molecule has 1 aromatic rings. The van der Waals surface area contributed by atoms with Crippen molar-refractivity contribution in [1.82, 2.24) is 0 Å². The normalized spacial score (nSPS) is 22.4. The molecular formula is C20H26BClO2. The minimum absolute atomic E-state index is 0.00651. The number of rotatable bonds is 2. The molecule has 0 amide bonds. The Kier molecular flexibility index (Phi) is 4.48. The van der Waals surface area contributed by atoms with Gasteiger partial charge in [0, 0.05) is 5.02 Å². The number of allylic oxidation sites excluding steroid dienone is 4. The molecule has 0 saturated carbocycles. The lowest BCUT2D eigenvalue weighted by Crippen LogP contribution is -2.35. The van der Waals surface area contributed by atoms with E-state index in [1.165, 1.54) is 11.1 Å². The Bertz CT molecular complexity index is 725. The first kappa shape index (κ1) is 17.8. The third-order valence-corrected chi connectivity index (χ3v) is 6.06. The minimum atomic E-state index is -0.302. The number of hydrogen-bond acceptors (Lipinski definition) is 2. The van der Waals surface area contributed by atoms with E-state index in [1.54, 1.807) is 0 Å². The lowest BCUT2D eigenvalue weighted by atomic mass is 9.57. The van der Waals surface area contributed by atoms with Crippen LogP contribution in [0.4, 0.5) is 0 Å². The molecule has 24 heavy (non-hydrogen) atoms. The first-order valence-corrected chi connectivity index (χ1v) is 8.96. The highest BCUT2D eigenvalue weighted by Gasteiger charge is 2.43. The van der Waals surface area contributed by atoms with Crippen LogP contribution >= 0.6 is 11.6 Å². The van der Waals surface area contributed by atoms with Crippen molar-refractivity contribution in [3.05, 3.63) is 51.5 Å². The van der Waals surface area contributed by atoms with Crippen LogP contribution in [0.3, 0.4) is 0 Å². The highest BCUT2D eigenvalue weighted by Crippen LogP contribution is 2.50. The van der Waals surface area contributed by atoms with Gasteiger partial charge in [-0.3, -0.25) is 0 Å². The fourth-order valence-electron chi connectivity index (χ4n) is 3.24. The molecule has 1 fully saturated rings. The molecule has 0 aromatic heterocycles. The molecule has 1 saturated heterocycles. The second-order valence-corrected chi connectivity index (χ2v) is 8.50. The molecule has 3 rings (SSSR count). The van der Waals surface area contributed by atoms with Crippen molar-refractivity contribution in [2.45, 2.75) is 41.5 Å². The van der Waals surface area contributed by atoms with E-state index in [4.69, 9.17) is 20.9 Å². The predicted molar refractivity (Wildman–Crippen MR) is 102 cm³/mol. The zero-order chi connectivity index (χ0) is 17.7. The molecule has 1 heterocycles. The molecular weight excluding hydrogens is 318 g/mol. The van der Waals surface area contributed by atoms with Gasteiger partial charge in [0.25, 0.3) is 0 Å². The Balaban J connectivity index is 2.17. The van der Waals surface area contributed by atoms with Gasteiger partial charge in [-0.25, -0.2) is 0 Å². The van der Waals surface area contributed by atoms with E-state index in [0.29, 0.717) is 13.2 Å². The fourth-order valence-corrected chi connectivity index (χ4v) is 3.56. The number of aryl methyl sites for hydroxylation is 2. The van der Waals surface area contributed by atoms with Gasteiger partial charge in [-0.1, -0.05) is 51.4 Å². The van der Waals surface area contributed by atoms with Gasteiger partial charge in [0.2, 0.25) is 0 Å². The van der Waals surface area contributed by atoms with Crippen LogP contribution in [0, 0.1) is 24.7 Å². The van der Waals surface area contributed by atoms with Crippen LogP contribution in [0.15, 0.2) is 29.8 Å². The number of halogens is 1. The Morgan fingerprint density at radius 1 is 0.917 bits per heavy atom. The molecule has 2 aliphatic rings. The third kappa shape index (κ3) is 2.98. The van der Waals surface area contributed by atoms with E-state index in [-0.39, 0.29) is 17.9 Å². The number of hydrogen-bond donors (Lipinski definition) is 0. The van der Waals surface area contributed by atoms with Gasteiger partial charge in [0.05, 0.1) is 13.2 Å². The fraction of sp³-hybridized carbons (Fsp3) is 0.500. The van der Waals surface area contributed by atoms with Crippen molar-refractivity contribution in [1.29, 1.82) is 0 Å². The van der Waals surface area contributed by atoms with Crippen LogP contribution in [0.5, 0.6) is 0 Å². The summed E-state index contributed by atoms with van der Waals surface area (Å²) < 4.78 is 11.7. The lowest BCUT2D eigenvalue weighted by Gasteiger charge is -2.42. The van der Waals surface area contributed by atoms with Crippen molar-refractivity contribution in [3.63, 3.8) is 0 Å². The Hall–Kier alpha value is -1.03. The van der Waals surface area contributed by atoms with Gasteiger partial charge in [0.1, 0.15) is 0 Å². The summed E-state index contributed by atoms with van der Waals surface area (Å²) in [5.41, 5.74) is 5.76. The molecule has 4 heteroatoms. The summed E-state index contributed by atoms with van der Waals surface area (Å²) in [5, 5.41) is 0.781. The zero-order valence-corrected chi connectivity index (χ0v) is 16.3. The van der Waals surface area contributed by atoms with E-state index in [2.05, 4.69) is 59.8 Å². The molecule has 2 nitrogen and oxygen atoms in total. The summed E-state index contributed by atoms with van der Waals surface area (Å²) in [7, 11) is -0.302. The van der Waals surface area contributed by atoms with E-state index in [9.17, 15) is 0 Å². The van der Waals surface area contributed by atoms with Crippen molar-refractivity contribution in [2.24, 2.45) is 10.8 Å². The van der Waals surface area contributed by atoms with Gasteiger partial charge in [0.15, 0.2) is 0 Å². The Labute approximate surface area is 151 Å². The summed E-state index contributed by atoms with van der Waals surface area (Å²) in [4.78, 5) is 0. The first-order valence-electron chi connectivity index (χ1n) is 8.59. The van der Waals surface area contributed by atoms with Gasteiger partial charge in [-0.05, 0) is 64.5 Å². The standard InChI is InChI=1S/C20H26BClO2/c1-13-9-15(18(22)10-14(13)2)16-11-19(3,4)20(5,6)12-17(16)21-23-7-8-24-21/h9-12H,7-8H2,1-6H3. The summed E-state index contributed by atoms with van der Waals surface area (Å²) >= 11 is 6.62. The summed E-state index contributed by atoms with van der Waals surface area (Å²) in [6.07, 6.45) is 4.65. The van der Waals surface area contributed by atoms with Crippen LogP contribution in [0.25, 0.3) is 5.57 Å². The largest absolute Gasteiger partial charge is 0.494 e. The van der Waals surface area contributed by atoms with E-state index in [1.807, 2.05) is 6.07 Å². The molecule has 0 N–H and O–H groups in total. The van der Waals surface area contributed by atoms with Crippen LogP contribution in [0.1, 0.15) is 44.4 Å². The highest BCUT2D eigenvalue weighted by atomic mass is 35.5. The van der Waals surface area contributed by atoms with Gasteiger partial charge in [-0.15, -0.1) is 0 Å². The Morgan fingerprint density at radius 3 is 2.08 bits per heavy atom. The van der Waals surface area contributed by atoms with Crippen molar-refractivity contribution < 1.29 is 9.31 Å². The quantitative estimate of drug-likeness (QED) is 0.668. The van der Waals surface area contributed by atoms with Gasteiger partial charge < -0.3 is 9.31 Å². The molecule has 0 bridgehead atoms. The predicted octanol–water partition coefficient (Wildman–Crippen LogP) is 5.41. The van der Waals surface area contributed by atoms with Crippen molar-refractivity contribution in [3.8, 4) is 0 Å². The maximum Gasteiger partial charge on any atom is 0.494 e. The van der Waals surface area contributed by atoms with E-state index >= 15 is 0 Å². The van der Waals surface area contributed by atoms with E-state index in [0.717, 1.165) is 21.6 Å². The molecule has 0 unspecified atom stereocenters. The smallest absolute Gasteiger partial charge is 0.405 e. The van der Waals surface area contributed by atoms with Crippen LogP contribution in [0.2, 0.25) is 5.02 Å². The second kappa shape index (κ2) is 6.05. The maximum atomic E-state index is 6.62. The molecule has 0 spiro atoms. The van der Waals surface area contributed by atoms with Crippen LogP contribution in [-0.4, -0.2) is 20.3 Å².